The Morgan fingerprint density at radius 3 is 2.37 bits per heavy atom. The van der Waals surface area contributed by atoms with Crippen LogP contribution in [0.5, 0.6) is 5.75 Å². The van der Waals surface area contributed by atoms with Gasteiger partial charge in [0, 0.05) is 5.56 Å². The van der Waals surface area contributed by atoms with Crippen LogP contribution in [-0.4, -0.2) is 17.8 Å². The van der Waals surface area contributed by atoms with Crippen LogP contribution >= 0.6 is 0 Å². The molecule has 1 aliphatic heterocycles. The second kappa shape index (κ2) is 8.08. The summed E-state index contributed by atoms with van der Waals surface area (Å²) in [6.07, 6.45) is 1.50. The lowest BCUT2D eigenvalue weighted by Crippen LogP contribution is -2.08. The fourth-order valence-electron chi connectivity index (χ4n) is 2.70. The SMILES string of the molecule is O=C1OC(c2cccc(F)c2)=N/C1=C\c1ccc(OC(=O)c2ccc(F)cc2)cc1. The Kier molecular flexibility index (Phi) is 5.17. The molecule has 1 heterocycles. The summed E-state index contributed by atoms with van der Waals surface area (Å²) >= 11 is 0. The number of carbonyl (C=O) groups is 2. The van der Waals surface area contributed by atoms with E-state index in [1.54, 1.807) is 30.3 Å². The molecule has 0 atom stereocenters. The third-order valence-corrected chi connectivity index (χ3v) is 4.17. The molecule has 0 N–H and O–H groups in total. The third kappa shape index (κ3) is 4.30. The lowest BCUT2D eigenvalue weighted by molar-refractivity contribution is -0.129. The van der Waals surface area contributed by atoms with Gasteiger partial charge in [-0.25, -0.2) is 23.4 Å². The van der Waals surface area contributed by atoms with E-state index < -0.39 is 23.6 Å². The molecule has 3 aromatic rings. The molecule has 0 spiro atoms. The number of hydrogen-bond donors (Lipinski definition) is 0. The molecule has 0 aromatic heterocycles. The highest BCUT2D eigenvalue weighted by molar-refractivity contribution is 6.12. The van der Waals surface area contributed by atoms with E-state index in [4.69, 9.17) is 9.47 Å². The van der Waals surface area contributed by atoms with E-state index in [0.29, 0.717) is 11.1 Å². The Hall–Kier alpha value is -4.13. The molecule has 148 valence electrons. The van der Waals surface area contributed by atoms with E-state index >= 15 is 0 Å². The minimum Gasteiger partial charge on any atom is -0.423 e. The number of halogens is 2. The average molecular weight is 405 g/mol. The van der Waals surface area contributed by atoms with Crippen LogP contribution in [0.2, 0.25) is 0 Å². The zero-order valence-electron chi connectivity index (χ0n) is 15.3. The molecule has 3 aromatic carbocycles. The summed E-state index contributed by atoms with van der Waals surface area (Å²) in [4.78, 5) is 28.2. The molecule has 0 saturated heterocycles. The molecule has 0 saturated carbocycles. The minimum absolute atomic E-state index is 0.0237. The van der Waals surface area contributed by atoms with Gasteiger partial charge in [-0.3, -0.25) is 0 Å². The van der Waals surface area contributed by atoms with Crippen molar-refractivity contribution < 1.29 is 27.8 Å². The second-order valence-electron chi connectivity index (χ2n) is 6.31. The van der Waals surface area contributed by atoms with Gasteiger partial charge in [0.15, 0.2) is 5.70 Å². The van der Waals surface area contributed by atoms with E-state index in [1.165, 1.54) is 48.5 Å². The average Bonchev–Trinajstić information content (AvgIpc) is 3.10. The number of esters is 2. The van der Waals surface area contributed by atoms with Crippen LogP contribution in [0.1, 0.15) is 21.5 Å². The van der Waals surface area contributed by atoms with Crippen LogP contribution in [0.4, 0.5) is 8.78 Å². The number of carbonyl (C=O) groups excluding carboxylic acids is 2. The highest BCUT2D eigenvalue weighted by atomic mass is 19.1. The van der Waals surface area contributed by atoms with Crippen molar-refractivity contribution in [2.75, 3.05) is 0 Å². The number of benzene rings is 3. The summed E-state index contributed by atoms with van der Waals surface area (Å²) in [5.74, 6) is -1.88. The summed E-state index contributed by atoms with van der Waals surface area (Å²) in [5, 5.41) is 0. The second-order valence-corrected chi connectivity index (χ2v) is 6.31. The zero-order valence-corrected chi connectivity index (χ0v) is 15.3. The highest BCUT2D eigenvalue weighted by Crippen LogP contribution is 2.21. The molecule has 1 aliphatic rings. The first-order valence-electron chi connectivity index (χ1n) is 8.84. The Bertz CT molecular complexity index is 1180. The molecule has 0 radical (unpaired) electrons. The molecule has 0 amide bonds. The van der Waals surface area contributed by atoms with E-state index in [1.807, 2.05) is 0 Å². The van der Waals surface area contributed by atoms with Crippen LogP contribution in [0, 0.1) is 11.6 Å². The van der Waals surface area contributed by atoms with Gasteiger partial charge in [0.05, 0.1) is 5.56 Å². The quantitative estimate of drug-likeness (QED) is 0.364. The molecule has 0 bridgehead atoms. The van der Waals surface area contributed by atoms with Crippen molar-refractivity contribution >= 4 is 23.9 Å². The fourth-order valence-corrected chi connectivity index (χ4v) is 2.70. The first-order valence-corrected chi connectivity index (χ1v) is 8.84. The molecular weight excluding hydrogens is 392 g/mol. The van der Waals surface area contributed by atoms with Gasteiger partial charge >= 0.3 is 11.9 Å². The Morgan fingerprint density at radius 2 is 1.67 bits per heavy atom. The van der Waals surface area contributed by atoms with Crippen molar-refractivity contribution in [2.45, 2.75) is 0 Å². The van der Waals surface area contributed by atoms with Gasteiger partial charge in [0.2, 0.25) is 5.90 Å². The topological polar surface area (TPSA) is 65.0 Å². The van der Waals surface area contributed by atoms with Gasteiger partial charge in [0.25, 0.3) is 0 Å². The number of rotatable bonds is 4. The van der Waals surface area contributed by atoms with Gasteiger partial charge < -0.3 is 9.47 Å². The monoisotopic (exact) mass is 405 g/mol. The summed E-state index contributed by atoms with van der Waals surface area (Å²) in [5.41, 5.74) is 1.25. The maximum atomic E-state index is 13.4. The van der Waals surface area contributed by atoms with E-state index in [2.05, 4.69) is 4.99 Å². The lowest BCUT2D eigenvalue weighted by Gasteiger charge is -2.04. The van der Waals surface area contributed by atoms with Crippen molar-refractivity contribution in [3.8, 4) is 5.75 Å². The van der Waals surface area contributed by atoms with Crippen LogP contribution in [0.15, 0.2) is 83.5 Å². The Balaban J connectivity index is 1.48. The van der Waals surface area contributed by atoms with Crippen molar-refractivity contribution in [1.29, 1.82) is 0 Å². The van der Waals surface area contributed by atoms with E-state index in [9.17, 15) is 18.4 Å². The van der Waals surface area contributed by atoms with E-state index in [-0.39, 0.29) is 22.9 Å². The van der Waals surface area contributed by atoms with Crippen LogP contribution in [0.25, 0.3) is 6.08 Å². The first-order chi connectivity index (χ1) is 14.5. The number of hydrogen-bond acceptors (Lipinski definition) is 5. The fraction of sp³-hybridized carbons (Fsp3) is 0. The van der Waals surface area contributed by atoms with Gasteiger partial charge in [-0.05, 0) is 66.2 Å². The molecule has 0 fully saturated rings. The van der Waals surface area contributed by atoms with Gasteiger partial charge in [-0.2, -0.15) is 0 Å². The summed E-state index contributed by atoms with van der Waals surface area (Å²) < 4.78 is 36.6. The molecule has 30 heavy (non-hydrogen) atoms. The van der Waals surface area contributed by atoms with Gasteiger partial charge in [-0.1, -0.05) is 18.2 Å². The number of nitrogens with zero attached hydrogens (tertiary/aromatic N) is 1. The predicted octanol–water partition coefficient (Wildman–Crippen LogP) is 4.53. The molecule has 5 nitrogen and oxygen atoms in total. The zero-order chi connectivity index (χ0) is 21.1. The number of aliphatic imine (C=N–C) groups is 1. The van der Waals surface area contributed by atoms with Gasteiger partial charge in [-0.15, -0.1) is 0 Å². The van der Waals surface area contributed by atoms with Crippen LogP contribution in [-0.2, 0) is 9.53 Å². The van der Waals surface area contributed by atoms with Crippen molar-refractivity contribution in [3.63, 3.8) is 0 Å². The highest BCUT2D eigenvalue weighted by Gasteiger charge is 2.24. The first kappa shape index (κ1) is 19.2. The Labute approximate surface area is 169 Å². The van der Waals surface area contributed by atoms with Crippen molar-refractivity contribution in [2.24, 2.45) is 4.99 Å². The predicted molar refractivity (Wildman–Crippen MR) is 105 cm³/mol. The molecule has 0 unspecified atom stereocenters. The van der Waals surface area contributed by atoms with E-state index in [0.717, 1.165) is 0 Å². The van der Waals surface area contributed by atoms with Crippen molar-refractivity contribution in [1.82, 2.24) is 0 Å². The van der Waals surface area contributed by atoms with Crippen LogP contribution in [0.3, 0.4) is 0 Å². The molecule has 4 rings (SSSR count). The maximum Gasteiger partial charge on any atom is 0.363 e. The van der Waals surface area contributed by atoms with Crippen LogP contribution < -0.4 is 4.74 Å². The standard InChI is InChI=1S/C23H13F2NO4/c24-17-8-6-15(7-9-17)22(27)29-19-10-4-14(5-11-19)12-20-23(28)30-21(26-20)16-2-1-3-18(25)13-16/h1-13H/b20-12-. The Morgan fingerprint density at radius 1 is 0.933 bits per heavy atom. The summed E-state index contributed by atoms with van der Waals surface area (Å²) in [7, 11) is 0. The van der Waals surface area contributed by atoms with Crippen molar-refractivity contribution in [3.05, 3.63) is 107 Å². The lowest BCUT2D eigenvalue weighted by atomic mass is 10.2. The number of ether oxygens (including phenoxy) is 2. The molecular formula is C23H13F2NO4. The minimum atomic E-state index is -0.652. The molecule has 0 aliphatic carbocycles. The smallest absolute Gasteiger partial charge is 0.363 e. The number of cyclic esters (lactones) is 1. The van der Waals surface area contributed by atoms with Gasteiger partial charge in [0.1, 0.15) is 17.4 Å². The summed E-state index contributed by atoms with van der Waals surface area (Å²) in [6.45, 7) is 0. The maximum absolute atomic E-state index is 13.4. The molecule has 7 heteroatoms. The largest absolute Gasteiger partial charge is 0.423 e. The third-order valence-electron chi connectivity index (χ3n) is 4.17. The summed E-state index contributed by atoms with van der Waals surface area (Å²) in [6, 6.07) is 16.9. The normalized spacial score (nSPS) is 14.4.